The van der Waals surface area contributed by atoms with Crippen LogP contribution in [0, 0.1) is 0 Å². The number of amides is 2. The van der Waals surface area contributed by atoms with Gasteiger partial charge in [0.05, 0.1) is 19.9 Å². The van der Waals surface area contributed by atoms with E-state index in [1.165, 1.54) is 5.56 Å². The molecule has 1 atom stereocenters. The van der Waals surface area contributed by atoms with Crippen LogP contribution in [0.15, 0.2) is 42.5 Å². The average Bonchev–Trinajstić information content (AvgIpc) is 2.90. The van der Waals surface area contributed by atoms with Gasteiger partial charge in [0.2, 0.25) is 0 Å². The molecule has 0 spiro atoms. The van der Waals surface area contributed by atoms with Crippen LogP contribution in [-0.4, -0.2) is 26.3 Å². The highest BCUT2D eigenvalue weighted by molar-refractivity contribution is 6.04. The summed E-state index contributed by atoms with van der Waals surface area (Å²) < 4.78 is 10.5. The SMILES string of the molecule is COc1ccc(OC)c(NC(=O)N2c3ccccc3CC2C)c1. The molecule has 1 aliphatic heterocycles. The molecule has 3 rings (SSSR count). The molecule has 0 saturated carbocycles. The van der Waals surface area contributed by atoms with Crippen molar-refractivity contribution in [3.05, 3.63) is 48.0 Å². The number of nitrogens with one attached hydrogen (secondary N) is 1. The Morgan fingerprint density at radius 2 is 1.96 bits per heavy atom. The third kappa shape index (κ3) is 2.82. The summed E-state index contributed by atoms with van der Waals surface area (Å²) in [5, 5.41) is 2.93. The summed E-state index contributed by atoms with van der Waals surface area (Å²) in [6.45, 7) is 2.04. The van der Waals surface area contributed by atoms with Crippen molar-refractivity contribution in [1.82, 2.24) is 0 Å². The summed E-state index contributed by atoms with van der Waals surface area (Å²) in [7, 11) is 3.16. The lowest BCUT2D eigenvalue weighted by Gasteiger charge is -2.23. The van der Waals surface area contributed by atoms with Crippen LogP contribution in [-0.2, 0) is 6.42 Å². The fourth-order valence-electron chi connectivity index (χ4n) is 2.96. The second kappa shape index (κ2) is 6.20. The van der Waals surface area contributed by atoms with Gasteiger partial charge in [-0.2, -0.15) is 0 Å². The van der Waals surface area contributed by atoms with E-state index in [0.717, 1.165) is 12.1 Å². The van der Waals surface area contributed by atoms with Crippen molar-refractivity contribution in [3.8, 4) is 11.5 Å². The van der Waals surface area contributed by atoms with E-state index >= 15 is 0 Å². The van der Waals surface area contributed by atoms with Crippen molar-refractivity contribution in [2.24, 2.45) is 0 Å². The van der Waals surface area contributed by atoms with Gasteiger partial charge in [-0.1, -0.05) is 18.2 Å². The minimum Gasteiger partial charge on any atom is -0.497 e. The number of hydrogen-bond donors (Lipinski definition) is 1. The minimum absolute atomic E-state index is 0.115. The highest BCUT2D eigenvalue weighted by Crippen LogP contribution is 2.34. The molecule has 0 saturated heterocycles. The molecule has 23 heavy (non-hydrogen) atoms. The van der Waals surface area contributed by atoms with E-state index in [2.05, 4.69) is 11.4 Å². The lowest BCUT2D eigenvalue weighted by Crippen LogP contribution is -2.39. The summed E-state index contributed by atoms with van der Waals surface area (Å²) in [6.07, 6.45) is 0.860. The first kappa shape index (κ1) is 15.2. The molecule has 1 aliphatic rings. The van der Waals surface area contributed by atoms with Gasteiger partial charge in [-0.15, -0.1) is 0 Å². The Kier molecular flexibility index (Phi) is 4.10. The fourth-order valence-corrected chi connectivity index (χ4v) is 2.96. The maximum atomic E-state index is 12.8. The predicted octanol–water partition coefficient (Wildman–Crippen LogP) is 3.69. The maximum absolute atomic E-state index is 12.8. The monoisotopic (exact) mass is 312 g/mol. The quantitative estimate of drug-likeness (QED) is 0.940. The van der Waals surface area contributed by atoms with E-state index in [1.807, 2.05) is 25.1 Å². The number of urea groups is 1. The Morgan fingerprint density at radius 1 is 1.17 bits per heavy atom. The summed E-state index contributed by atoms with van der Waals surface area (Å²) in [5.41, 5.74) is 2.74. The van der Waals surface area contributed by atoms with E-state index in [9.17, 15) is 4.79 Å². The zero-order valence-electron chi connectivity index (χ0n) is 13.5. The van der Waals surface area contributed by atoms with Gasteiger partial charge >= 0.3 is 6.03 Å². The van der Waals surface area contributed by atoms with Gasteiger partial charge in [0.15, 0.2) is 0 Å². The highest BCUT2D eigenvalue weighted by atomic mass is 16.5. The van der Waals surface area contributed by atoms with Crippen molar-refractivity contribution in [1.29, 1.82) is 0 Å². The largest absolute Gasteiger partial charge is 0.497 e. The number of hydrogen-bond acceptors (Lipinski definition) is 3. The van der Waals surface area contributed by atoms with Crippen molar-refractivity contribution < 1.29 is 14.3 Å². The highest BCUT2D eigenvalue weighted by Gasteiger charge is 2.31. The van der Waals surface area contributed by atoms with Gasteiger partial charge in [-0.05, 0) is 37.1 Å². The van der Waals surface area contributed by atoms with Gasteiger partial charge < -0.3 is 14.8 Å². The number of nitrogens with zero attached hydrogens (tertiary/aromatic N) is 1. The first-order valence-electron chi connectivity index (χ1n) is 7.54. The van der Waals surface area contributed by atoms with Crippen LogP contribution in [0.2, 0.25) is 0 Å². The minimum atomic E-state index is -0.172. The van der Waals surface area contributed by atoms with E-state index < -0.39 is 0 Å². The number of methoxy groups -OCH3 is 2. The zero-order valence-corrected chi connectivity index (χ0v) is 13.5. The molecule has 5 nitrogen and oxygen atoms in total. The Morgan fingerprint density at radius 3 is 2.70 bits per heavy atom. The van der Waals surface area contributed by atoms with E-state index in [4.69, 9.17) is 9.47 Å². The molecule has 0 aromatic heterocycles. The second-order valence-electron chi connectivity index (χ2n) is 5.55. The predicted molar refractivity (Wildman–Crippen MR) is 90.7 cm³/mol. The molecule has 1 N–H and O–H groups in total. The van der Waals surface area contributed by atoms with Crippen molar-refractivity contribution >= 4 is 17.4 Å². The number of rotatable bonds is 3. The third-order valence-electron chi connectivity index (χ3n) is 4.07. The van der Waals surface area contributed by atoms with E-state index in [1.54, 1.807) is 37.3 Å². The Bertz CT molecular complexity index is 730. The normalized spacial score (nSPS) is 16.0. The number of benzene rings is 2. The second-order valence-corrected chi connectivity index (χ2v) is 5.55. The topological polar surface area (TPSA) is 50.8 Å². The van der Waals surface area contributed by atoms with Crippen molar-refractivity contribution in [3.63, 3.8) is 0 Å². The fraction of sp³-hybridized carbons (Fsp3) is 0.278. The average molecular weight is 312 g/mol. The summed E-state index contributed by atoms with van der Waals surface area (Å²) >= 11 is 0. The Hall–Kier alpha value is -2.69. The van der Waals surface area contributed by atoms with Crippen LogP contribution >= 0.6 is 0 Å². The number of carbonyl (C=O) groups is 1. The molecule has 0 fully saturated rings. The molecule has 0 aliphatic carbocycles. The molecule has 2 aromatic rings. The van der Waals surface area contributed by atoms with Crippen molar-refractivity contribution in [2.45, 2.75) is 19.4 Å². The Labute approximate surface area is 135 Å². The molecule has 2 amide bonds. The number of fused-ring (bicyclic) bond motifs is 1. The zero-order chi connectivity index (χ0) is 16.4. The van der Waals surface area contributed by atoms with Crippen LogP contribution in [0.3, 0.4) is 0 Å². The van der Waals surface area contributed by atoms with Gasteiger partial charge in [-0.25, -0.2) is 4.79 Å². The van der Waals surface area contributed by atoms with Gasteiger partial charge in [-0.3, -0.25) is 4.90 Å². The van der Waals surface area contributed by atoms with Crippen molar-refractivity contribution in [2.75, 3.05) is 24.4 Å². The van der Waals surface area contributed by atoms with Crippen LogP contribution in [0.25, 0.3) is 0 Å². The molecule has 1 heterocycles. The summed E-state index contributed by atoms with van der Waals surface area (Å²) in [4.78, 5) is 14.6. The lowest BCUT2D eigenvalue weighted by atomic mass is 10.1. The standard InChI is InChI=1S/C18H20N2O3/c1-12-10-13-6-4-5-7-16(13)20(12)18(21)19-15-11-14(22-2)8-9-17(15)23-3/h4-9,11-12H,10H2,1-3H3,(H,19,21). The van der Waals surface area contributed by atoms with Crippen LogP contribution in [0.4, 0.5) is 16.2 Å². The summed E-state index contributed by atoms with van der Waals surface area (Å²) in [6, 6.07) is 13.2. The first-order chi connectivity index (χ1) is 11.1. The number of anilines is 2. The van der Waals surface area contributed by atoms with E-state index in [-0.39, 0.29) is 12.1 Å². The Balaban J connectivity index is 1.88. The first-order valence-corrected chi connectivity index (χ1v) is 7.54. The maximum Gasteiger partial charge on any atom is 0.326 e. The molecule has 1 unspecified atom stereocenters. The smallest absolute Gasteiger partial charge is 0.326 e. The van der Waals surface area contributed by atoms with E-state index in [0.29, 0.717) is 17.2 Å². The number of carbonyl (C=O) groups excluding carboxylic acids is 1. The molecule has 0 radical (unpaired) electrons. The summed E-state index contributed by atoms with van der Waals surface area (Å²) in [5.74, 6) is 1.26. The number of ether oxygens (including phenoxy) is 2. The molecular formula is C18H20N2O3. The molecule has 0 bridgehead atoms. The molecular weight excluding hydrogens is 292 g/mol. The third-order valence-corrected chi connectivity index (χ3v) is 4.07. The number of para-hydroxylation sites is 1. The molecule has 120 valence electrons. The van der Waals surface area contributed by atoms with Gasteiger partial charge in [0.1, 0.15) is 11.5 Å². The van der Waals surface area contributed by atoms with Gasteiger partial charge in [0.25, 0.3) is 0 Å². The van der Waals surface area contributed by atoms with Crippen LogP contribution in [0.5, 0.6) is 11.5 Å². The molecule has 2 aromatic carbocycles. The van der Waals surface area contributed by atoms with Crippen LogP contribution in [0.1, 0.15) is 12.5 Å². The van der Waals surface area contributed by atoms with Gasteiger partial charge in [0, 0.05) is 17.8 Å². The lowest BCUT2D eigenvalue weighted by molar-refractivity contribution is 0.255. The molecule has 5 heteroatoms. The van der Waals surface area contributed by atoms with Crippen LogP contribution < -0.4 is 19.7 Å².